The molecule has 1 aromatic carbocycles. The third-order valence-corrected chi connectivity index (χ3v) is 4.99. The summed E-state index contributed by atoms with van der Waals surface area (Å²) in [4.78, 5) is 1.31. The number of thiophene rings is 1. The Kier molecular flexibility index (Phi) is 5.55. The number of nitrogens with one attached hydrogen (secondary N) is 1. The number of rotatable bonds is 6. The van der Waals surface area contributed by atoms with Crippen LogP contribution in [0.5, 0.6) is 0 Å². The fraction of sp³-hybridized carbons (Fsp3) is 0.333. The molecule has 1 unspecified atom stereocenters. The van der Waals surface area contributed by atoms with Gasteiger partial charge in [-0.15, -0.1) is 11.3 Å². The normalized spacial score (nSPS) is 12.6. The van der Waals surface area contributed by atoms with E-state index in [0.29, 0.717) is 6.42 Å². The van der Waals surface area contributed by atoms with Gasteiger partial charge in [-0.1, -0.05) is 25.1 Å². The van der Waals surface area contributed by atoms with Crippen molar-refractivity contribution < 1.29 is 4.39 Å². The molecule has 19 heavy (non-hydrogen) atoms. The molecular formula is C15H17BrFNS. The first-order valence-electron chi connectivity index (χ1n) is 6.39. The van der Waals surface area contributed by atoms with Crippen LogP contribution in [0.15, 0.2) is 40.2 Å². The summed E-state index contributed by atoms with van der Waals surface area (Å²) >= 11 is 5.29. The second kappa shape index (κ2) is 7.17. The van der Waals surface area contributed by atoms with Gasteiger partial charge in [0.1, 0.15) is 5.82 Å². The lowest BCUT2D eigenvalue weighted by Gasteiger charge is -2.18. The van der Waals surface area contributed by atoms with Crippen molar-refractivity contribution in [2.45, 2.75) is 25.8 Å². The Bertz CT molecular complexity index is 526. The van der Waals surface area contributed by atoms with Gasteiger partial charge in [-0.05, 0) is 58.4 Å². The summed E-state index contributed by atoms with van der Waals surface area (Å²) in [5, 5.41) is 5.52. The van der Waals surface area contributed by atoms with Crippen LogP contribution in [0.1, 0.15) is 17.4 Å². The first-order chi connectivity index (χ1) is 9.20. The molecule has 2 aromatic rings. The molecule has 0 aliphatic rings. The SMILES string of the molecule is CCNC(Cc1ccccc1F)Cc1sccc1Br. The van der Waals surface area contributed by atoms with E-state index in [1.807, 2.05) is 12.1 Å². The van der Waals surface area contributed by atoms with Gasteiger partial charge in [0.2, 0.25) is 0 Å². The first-order valence-corrected chi connectivity index (χ1v) is 8.06. The smallest absolute Gasteiger partial charge is 0.126 e. The first kappa shape index (κ1) is 14.7. The Hall–Kier alpha value is -0.710. The lowest BCUT2D eigenvalue weighted by molar-refractivity contribution is 0.508. The molecule has 1 nitrogen and oxygen atoms in total. The van der Waals surface area contributed by atoms with Gasteiger partial charge in [0, 0.05) is 15.4 Å². The zero-order valence-electron chi connectivity index (χ0n) is 10.8. The third-order valence-electron chi connectivity index (χ3n) is 3.04. The van der Waals surface area contributed by atoms with E-state index < -0.39 is 0 Å². The Labute approximate surface area is 126 Å². The van der Waals surface area contributed by atoms with Crippen LogP contribution in [0.2, 0.25) is 0 Å². The number of benzene rings is 1. The van der Waals surface area contributed by atoms with Crippen molar-refractivity contribution in [2.75, 3.05) is 6.54 Å². The van der Waals surface area contributed by atoms with Crippen molar-refractivity contribution in [3.63, 3.8) is 0 Å². The molecule has 1 aromatic heterocycles. The zero-order valence-corrected chi connectivity index (χ0v) is 13.2. The summed E-state index contributed by atoms with van der Waals surface area (Å²) in [6.07, 6.45) is 1.63. The molecule has 0 saturated heterocycles. The molecule has 0 aliphatic heterocycles. The summed E-state index contributed by atoms with van der Waals surface area (Å²) in [5.74, 6) is -0.115. The van der Waals surface area contributed by atoms with Crippen LogP contribution < -0.4 is 5.32 Å². The molecule has 1 N–H and O–H groups in total. The van der Waals surface area contributed by atoms with Crippen LogP contribution in [0, 0.1) is 5.82 Å². The van der Waals surface area contributed by atoms with Crippen molar-refractivity contribution in [1.29, 1.82) is 0 Å². The summed E-state index contributed by atoms with van der Waals surface area (Å²) in [6, 6.07) is 9.34. The van der Waals surface area contributed by atoms with E-state index in [9.17, 15) is 4.39 Å². The van der Waals surface area contributed by atoms with Gasteiger partial charge in [-0.25, -0.2) is 4.39 Å². The Morgan fingerprint density at radius 3 is 2.68 bits per heavy atom. The molecule has 0 fully saturated rings. The molecule has 1 atom stereocenters. The van der Waals surface area contributed by atoms with E-state index >= 15 is 0 Å². The maximum absolute atomic E-state index is 13.7. The Morgan fingerprint density at radius 2 is 2.05 bits per heavy atom. The number of hydrogen-bond acceptors (Lipinski definition) is 2. The summed E-state index contributed by atoms with van der Waals surface area (Å²) in [7, 11) is 0. The van der Waals surface area contributed by atoms with E-state index in [-0.39, 0.29) is 11.9 Å². The predicted molar refractivity (Wildman–Crippen MR) is 83.3 cm³/mol. The van der Waals surface area contributed by atoms with E-state index in [2.05, 4.69) is 39.6 Å². The van der Waals surface area contributed by atoms with Gasteiger partial charge in [0.25, 0.3) is 0 Å². The van der Waals surface area contributed by atoms with Crippen LogP contribution in [0.4, 0.5) is 4.39 Å². The van der Waals surface area contributed by atoms with Crippen LogP contribution >= 0.6 is 27.3 Å². The highest BCUT2D eigenvalue weighted by Gasteiger charge is 2.14. The van der Waals surface area contributed by atoms with Gasteiger partial charge in [-0.2, -0.15) is 0 Å². The average Bonchev–Trinajstić information content (AvgIpc) is 2.78. The van der Waals surface area contributed by atoms with E-state index in [1.165, 1.54) is 10.9 Å². The van der Waals surface area contributed by atoms with Crippen molar-refractivity contribution >= 4 is 27.3 Å². The van der Waals surface area contributed by atoms with Gasteiger partial charge >= 0.3 is 0 Å². The molecule has 102 valence electrons. The second-order valence-corrected chi connectivity index (χ2v) is 6.30. The lowest BCUT2D eigenvalue weighted by atomic mass is 10.0. The molecule has 0 saturated carbocycles. The zero-order chi connectivity index (χ0) is 13.7. The topological polar surface area (TPSA) is 12.0 Å². The van der Waals surface area contributed by atoms with Crippen molar-refractivity contribution in [1.82, 2.24) is 5.32 Å². The fourth-order valence-corrected chi connectivity index (χ4v) is 3.72. The highest BCUT2D eigenvalue weighted by molar-refractivity contribution is 9.10. The highest BCUT2D eigenvalue weighted by Crippen LogP contribution is 2.25. The second-order valence-electron chi connectivity index (χ2n) is 4.45. The summed E-state index contributed by atoms with van der Waals surface area (Å²) in [6.45, 7) is 2.97. The summed E-state index contributed by atoms with van der Waals surface area (Å²) in [5.41, 5.74) is 0.779. The molecule has 1 heterocycles. The minimum atomic E-state index is -0.115. The van der Waals surface area contributed by atoms with Crippen LogP contribution in [-0.2, 0) is 12.8 Å². The van der Waals surface area contributed by atoms with Crippen molar-refractivity contribution in [3.05, 3.63) is 56.4 Å². The minimum Gasteiger partial charge on any atom is -0.314 e. The fourth-order valence-electron chi connectivity index (χ4n) is 2.13. The highest BCUT2D eigenvalue weighted by atomic mass is 79.9. The number of likely N-dealkylation sites (N-methyl/N-ethyl adjacent to an activating group) is 1. The monoisotopic (exact) mass is 341 g/mol. The Balaban J connectivity index is 2.08. The molecule has 2 rings (SSSR count). The van der Waals surface area contributed by atoms with Gasteiger partial charge in [0.15, 0.2) is 0 Å². The third kappa shape index (κ3) is 4.13. The molecule has 0 radical (unpaired) electrons. The molecule has 0 bridgehead atoms. The largest absolute Gasteiger partial charge is 0.314 e. The van der Waals surface area contributed by atoms with Gasteiger partial charge < -0.3 is 5.32 Å². The van der Waals surface area contributed by atoms with Crippen molar-refractivity contribution in [3.8, 4) is 0 Å². The standard InChI is InChI=1S/C15H17BrFNS/c1-2-18-12(10-15-13(16)7-8-19-15)9-11-5-3-4-6-14(11)17/h3-8,12,18H,2,9-10H2,1H3. The molecular weight excluding hydrogens is 325 g/mol. The van der Waals surface area contributed by atoms with Gasteiger partial charge in [-0.3, -0.25) is 0 Å². The molecule has 0 amide bonds. The van der Waals surface area contributed by atoms with Crippen LogP contribution in [0.3, 0.4) is 0 Å². The predicted octanol–water partition coefficient (Wildman–Crippen LogP) is 4.41. The maximum atomic E-state index is 13.7. The minimum absolute atomic E-state index is 0.115. The molecule has 0 spiro atoms. The quantitative estimate of drug-likeness (QED) is 0.820. The van der Waals surface area contributed by atoms with Crippen molar-refractivity contribution in [2.24, 2.45) is 0 Å². The van der Waals surface area contributed by atoms with Crippen LogP contribution in [-0.4, -0.2) is 12.6 Å². The van der Waals surface area contributed by atoms with Crippen LogP contribution in [0.25, 0.3) is 0 Å². The van der Waals surface area contributed by atoms with Gasteiger partial charge in [0.05, 0.1) is 0 Å². The molecule has 4 heteroatoms. The van der Waals surface area contributed by atoms with E-state index in [4.69, 9.17) is 0 Å². The number of halogens is 2. The maximum Gasteiger partial charge on any atom is 0.126 e. The lowest BCUT2D eigenvalue weighted by Crippen LogP contribution is -2.33. The average molecular weight is 342 g/mol. The summed E-state index contributed by atoms with van der Waals surface area (Å²) < 4.78 is 14.9. The van der Waals surface area contributed by atoms with E-state index in [0.717, 1.165) is 23.0 Å². The van der Waals surface area contributed by atoms with E-state index in [1.54, 1.807) is 17.4 Å². The molecule has 0 aliphatic carbocycles. The Morgan fingerprint density at radius 1 is 1.26 bits per heavy atom. The number of hydrogen-bond donors (Lipinski definition) is 1.